The van der Waals surface area contributed by atoms with Crippen LogP contribution in [0.5, 0.6) is 0 Å². The average Bonchev–Trinajstić information content (AvgIpc) is 3.62. The molecule has 2 heterocycles. The van der Waals surface area contributed by atoms with E-state index in [-0.39, 0.29) is 36.9 Å². The van der Waals surface area contributed by atoms with Gasteiger partial charge in [0.15, 0.2) is 0 Å². The predicted molar refractivity (Wildman–Crippen MR) is 177 cm³/mol. The zero-order valence-electron chi connectivity index (χ0n) is 27.6. The van der Waals surface area contributed by atoms with Crippen molar-refractivity contribution in [2.75, 3.05) is 24.5 Å². The second-order valence-electron chi connectivity index (χ2n) is 12.7. The highest BCUT2D eigenvalue weighted by Gasteiger charge is 2.32. The minimum absolute atomic E-state index is 0.0328. The van der Waals surface area contributed by atoms with Crippen LogP contribution in [0.1, 0.15) is 69.3 Å². The van der Waals surface area contributed by atoms with Gasteiger partial charge in [0.25, 0.3) is 11.8 Å². The summed E-state index contributed by atoms with van der Waals surface area (Å²) in [6.45, 7) is 12.4. The second-order valence-corrected chi connectivity index (χ2v) is 12.7. The number of urea groups is 1. The summed E-state index contributed by atoms with van der Waals surface area (Å²) in [5.41, 5.74) is 2.92. The summed E-state index contributed by atoms with van der Waals surface area (Å²) in [4.78, 5) is 72.2. The molecule has 47 heavy (non-hydrogen) atoms. The molecule has 0 aliphatic carbocycles. The molecule has 0 spiro atoms. The summed E-state index contributed by atoms with van der Waals surface area (Å²) < 4.78 is 10.5. The lowest BCUT2D eigenvalue weighted by Gasteiger charge is -2.29. The largest absolute Gasteiger partial charge is 0.444 e. The highest BCUT2D eigenvalue weighted by atomic mass is 16.6. The smallest absolute Gasteiger partial charge is 0.426 e. The van der Waals surface area contributed by atoms with Gasteiger partial charge in [-0.15, -0.1) is 0 Å². The van der Waals surface area contributed by atoms with Gasteiger partial charge in [-0.2, -0.15) is 0 Å². The van der Waals surface area contributed by atoms with E-state index in [9.17, 15) is 24.0 Å². The van der Waals surface area contributed by atoms with E-state index in [2.05, 4.69) is 26.0 Å². The Labute approximate surface area is 272 Å². The Morgan fingerprint density at radius 2 is 1.45 bits per heavy atom. The van der Waals surface area contributed by atoms with Crippen molar-refractivity contribution in [3.8, 4) is 0 Å². The van der Waals surface area contributed by atoms with Crippen LogP contribution in [0.4, 0.5) is 20.1 Å². The van der Waals surface area contributed by atoms with Crippen LogP contribution in [0.2, 0.25) is 0 Å². The van der Waals surface area contributed by atoms with E-state index in [0.29, 0.717) is 22.0 Å². The molecule has 0 atom stereocenters. The molecule has 0 aliphatic rings. The van der Waals surface area contributed by atoms with Gasteiger partial charge in [0.1, 0.15) is 16.9 Å². The average molecular weight is 648 g/mol. The number of H-pyrrole nitrogens is 2. The van der Waals surface area contributed by atoms with E-state index in [1.165, 1.54) is 0 Å². The van der Waals surface area contributed by atoms with Crippen molar-refractivity contribution in [2.45, 2.75) is 59.7 Å². The molecule has 0 aliphatic heterocycles. The number of carbonyl (C=O) groups is 5. The van der Waals surface area contributed by atoms with Crippen LogP contribution < -0.4 is 21.0 Å². The summed E-state index contributed by atoms with van der Waals surface area (Å²) in [5.74, 6) is -1.07. The number of fused-ring (bicyclic) bond motifs is 2. The molecule has 0 radical (unpaired) electrons. The molecule has 0 fully saturated rings. The van der Waals surface area contributed by atoms with Crippen molar-refractivity contribution in [1.29, 1.82) is 0 Å². The standard InChI is InChI=1S/C33H41N7O7/c1-8-39(38-30(44)47-33(5,6)7)31(45)40(23-11-9-20-13-14-34-25(20)19-23)28(42)26-18-22-17-21(10-12-24(22)37-26)27(41)35-15-16-36-29(43)46-32(2,3)4/h9-14,17-19,34,37H,8,15-16H2,1-7H3,(H,35,41)(H,36,43)(H,38,44). The van der Waals surface area contributed by atoms with Crippen molar-refractivity contribution in [3.05, 3.63) is 66.0 Å². The topological polar surface area (TPSA) is 178 Å². The maximum atomic E-state index is 14.1. The number of benzene rings is 2. The fraction of sp³-hybridized carbons (Fsp3) is 0.364. The van der Waals surface area contributed by atoms with Crippen LogP contribution in [0.3, 0.4) is 0 Å². The highest BCUT2D eigenvalue weighted by Crippen LogP contribution is 2.26. The van der Waals surface area contributed by atoms with E-state index in [0.717, 1.165) is 15.3 Å². The lowest BCUT2D eigenvalue weighted by atomic mass is 10.1. The number of alkyl carbamates (subject to hydrolysis) is 1. The first-order valence-electron chi connectivity index (χ1n) is 15.1. The molecule has 0 saturated carbocycles. The minimum Gasteiger partial charge on any atom is -0.444 e. The summed E-state index contributed by atoms with van der Waals surface area (Å²) in [7, 11) is 0. The molecule has 6 amide bonds. The van der Waals surface area contributed by atoms with Crippen LogP contribution in [0.15, 0.2) is 54.7 Å². The van der Waals surface area contributed by atoms with Gasteiger partial charge in [0.2, 0.25) is 0 Å². The number of aromatic amines is 2. The van der Waals surface area contributed by atoms with Crippen molar-refractivity contribution in [1.82, 2.24) is 31.0 Å². The predicted octanol–water partition coefficient (Wildman–Crippen LogP) is 5.43. The number of carbonyl (C=O) groups excluding carboxylic acids is 5. The number of imide groups is 1. The number of amides is 6. The summed E-state index contributed by atoms with van der Waals surface area (Å²) >= 11 is 0. The zero-order valence-corrected chi connectivity index (χ0v) is 27.6. The van der Waals surface area contributed by atoms with E-state index >= 15 is 0 Å². The van der Waals surface area contributed by atoms with Gasteiger partial charge >= 0.3 is 18.2 Å². The number of aromatic nitrogens is 2. The Hall–Kier alpha value is -5.53. The summed E-state index contributed by atoms with van der Waals surface area (Å²) in [5, 5.41) is 7.74. The molecule has 0 unspecified atom stereocenters. The van der Waals surface area contributed by atoms with E-state index in [1.54, 1.807) is 97.1 Å². The van der Waals surface area contributed by atoms with Gasteiger partial charge in [-0.3, -0.25) is 9.59 Å². The molecule has 4 aromatic rings. The van der Waals surface area contributed by atoms with Crippen LogP contribution >= 0.6 is 0 Å². The van der Waals surface area contributed by atoms with Crippen molar-refractivity contribution >= 4 is 57.5 Å². The molecule has 14 heteroatoms. The van der Waals surface area contributed by atoms with Crippen LogP contribution in [-0.4, -0.2) is 75.8 Å². The Morgan fingerprint density at radius 1 is 0.766 bits per heavy atom. The lowest BCUT2D eigenvalue weighted by molar-refractivity contribution is 0.0385. The normalized spacial score (nSPS) is 11.6. The number of nitrogens with one attached hydrogen (secondary N) is 5. The first-order chi connectivity index (χ1) is 22.0. The van der Waals surface area contributed by atoms with Crippen LogP contribution in [0.25, 0.3) is 21.8 Å². The third-order valence-electron chi connectivity index (χ3n) is 6.56. The Bertz CT molecular complexity index is 1800. The number of hydrogen-bond acceptors (Lipinski definition) is 7. The summed E-state index contributed by atoms with van der Waals surface area (Å²) in [6.07, 6.45) is 0.311. The fourth-order valence-electron chi connectivity index (χ4n) is 4.55. The number of hydrogen-bond donors (Lipinski definition) is 5. The monoisotopic (exact) mass is 647 g/mol. The third kappa shape index (κ3) is 9.02. The fourth-order valence-corrected chi connectivity index (χ4v) is 4.55. The Morgan fingerprint density at radius 3 is 2.13 bits per heavy atom. The molecule has 0 saturated heterocycles. The first-order valence-corrected chi connectivity index (χ1v) is 15.1. The number of ether oxygens (including phenoxy) is 2. The minimum atomic E-state index is -0.850. The molecule has 4 rings (SSSR count). The molecule has 2 aromatic heterocycles. The van der Waals surface area contributed by atoms with Gasteiger partial charge in [-0.05, 0) is 96.3 Å². The number of nitrogens with zero attached hydrogens (tertiary/aromatic N) is 2. The molecule has 5 N–H and O–H groups in total. The number of rotatable bonds is 7. The van der Waals surface area contributed by atoms with Crippen molar-refractivity contribution in [3.63, 3.8) is 0 Å². The number of anilines is 1. The molecule has 0 bridgehead atoms. The molecule has 2 aromatic carbocycles. The Kier molecular flexibility index (Phi) is 10.1. The Balaban J connectivity index is 1.55. The van der Waals surface area contributed by atoms with E-state index < -0.39 is 35.3 Å². The summed E-state index contributed by atoms with van der Waals surface area (Å²) in [6, 6.07) is 12.5. The van der Waals surface area contributed by atoms with E-state index in [1.807, 2.05) is 6.07 Å². The second kappa shape index (κ2) is 13.8. The molecular weight excluding hydrogens is 606 g/mol. The molecule has 14 nitrogen and oxygen atoms in total. The number of hydrazine groups is 1. The van der Waals surface area contributed by atoms with Crippen LogP contribution in [0, 0.1) is 0 Å². The van der Waals surface area contributed by atoms with E-state index in [4.69, 9.17) is 9.47 Å². The SMILES string of the molecule is CCN(NC(=O)OC(C)(C)C)C(=O)N(C(=O)c1cc2cc(C(=O)NCCNC(=O)OC(C)(C)C)ccc2[nH]1)c1ccc2cc[nH]c2c1. The van der Waals surface area contributed by atoms with Gasteiger partial charge in [-0.1, -0.05) is 6.07 Å². The van der Waals surface area contributed by atoms with Gasteiger partial charge in [0, 0.05) is 47.8 Å². The van der Waals surface area contributed by atoms with Crippen molar-refractivity contribution in [2.24, 2.45) is 0 Å². The van der Waals surface area contributed by atoms with Gasteiger partial charge in [-0.25, -0.2) is 29.7 Å². The first kappa shape index (κ1) is 34.3. The highest BCUT2D eigenvalue weighted by molar-refractivity contribution is 6.21. The lowest BCUT2D eigenvalue weighted by Crippen LogP contribution is -2.54. The third-order valence-corrected chi connectivity index (χ3v) is 6.56. The zero-order chi connectivity index (χ0) is 34.5. The van der Waals surface area contributed by atoms with Crippen molar-refractivity contribution < 1.29 is 33.4 Å². The van der Waals surface area contributed by atoms with Crippen LogP contribution in [-0.2, 0) is 9.47 Å². The molecule has 250 valence electrons. The van der Waals surface area contributed by atoms with Gasteiger partial charge < -0.3 is 30.1 Å². The maximum absolute atomic E-state index is 14.1. The maximum Gasteiger partial charge on any atom is 0.426 e. The molecular formula is C33H41N7O7. The quantitative estimate of drug-likeness (QED) is 0.131. The van der Waals surface area contributed by atoms with Gasteiger partial charge in [0.05, 0.1) is 5.69 Å².